The molecule has 2 aromatic rings. The summed E-state index contributed by atoms with van der Waals surface area (Å²) in [7, 11) is 1.84. The van der Waals surface area contributed by atoms with Gasteiger partial charge in [-0.15, -0.1) is 0 Å². The zero-order valence-electron chi connectivity index (χ0n) is 14.3. The summed E-state index contributed by atoms with van der Waals surface area (Å²) in [6.07, 6.45) is 9.27. The van der Waals surface area contributed by atoms with Crippen LogP contribution in [0.4, 0.5) is 5.69 Å². The van der Waals surface area contributed by atoms with Gasteiger partial charge in [-0.2, -0.15) is 5.10 Å². The minimum atomic E-state index is -0.466. The van der Waals surface area contributed by atoms with Gasteiger partial charge in [0, 0.05) is 45.3 Å². The van der Waals surface area contributed by atoms with Crippen molar-refractivity contribution < 1.29 is 9.59 Å². The zero-order valence-corrected chi connectivity index (χ0v) is 14.3. The molecule has 2 fully saturated rings. The quantitative estimate of drug-likeness (QED) is 0.831. The third kappa shape index (κ3) is 2.69. The monoisotopic (exact) mass is 339 g/mol. The molecule has 0 N–H and O–H groups in total. The molecule has 0 aliphatic carbocycles. The number of nitrogens with zero attached hydrogens (tertiary/aromatic N) is 5. The van der Waals surface area contributed by atoms with Crippen LogP contribution in [0.1, 0.15) is 29.6 Å². The molecule has 1 atom stereocenters. The van der Waals surface area contributed by atoms with Crippen molar-refractivity contribution in [2.75, 3.05) is 24.5 Å². The maximum atomic E-state index is 13.1. The van der Waals surface area contributed by atoms with Crippen LogP contribution >= 0.6 is 0 Å². The molecule has 4 rings (SSSR count). The van der Waals surface area contributed by atoms with Crippen LogP contribution < -0.4 is 4.90 Å². The van der Waals surface area contributed by atoms with Crippen LogP contribution in [-0.4, -0.2) is 51.1 Å². The number of carbonyl (C=O) groups excluding carboxylic acids is 2. The lowest BCUT2D eigenvalue weighted by Crippen LogP contribution is -2.49. The van der Waals surface area contributed by atoms with E-state index < -0.39 is 5.41 Å². The molecule has 0 bridgehead atoms. The highest BCUT2D eigenvalue weighted by molar-refractivity contribution is 6.01. The lowest BCUT2D eigenvalue weighted by Gasteiger charge is -2.39. The first-order chi connectivity index (χ1) is 12.1. The van der Waals surface area contributed by atoms with E-state index >= 15 is 0 Å². The average Bonchev–Trinajstić information content (AvgIpc) is 3.20. The van der Waals surface area contributed by atoms with Gasteiger partial charge >= 0.3 is 0 Å². The molecule has 7 heteroatoms. The van der Waals surface area contributed by atoms with Crippen molar-refractivity contribution in [1.29, 1.82) is 0 Å². The molecular weight excluding hydrogens is 318 g/mol. The first kappa shape index (κ1) is 15.8. The number of aromatic nitrogens is 3. The molecule has 2 aliphatic heterocycles. The summed E-state index contributed by atoms with van der Waals surface area (Å²) in [5.41, 5.74) is 0.945. The molecule has 1 spiro atoms. The number of likely N-dealkylation sites (tertiary alicyclic amines) is 1. The van der Waals surface area contributed by atoms with Crippen molar-refractivity contribution in [3.8, 4) is 0 Å². The second kappa shape index (κ2) is 5.98. The van der Waals surface area contributed by atoms with Crippen molar-refractivity contribution in [1.82, 2.24) is 19.7 Å². The third-order valence-electron chi connectivity index (χ3n) is 5.29. The van der Waals surface area contributed by atoms with Gasteiger partial charge in [-0.05, 0) is 31.4 Å². The molecule has 2 aliphatic rings. The van der Waals surface area contributed by atoms with Crippen LogP contribution in [0.2, 0.25) is 0 Å². The Hall–Kier alpha value is -2.70. The van der Waals surface area contributed by atoms with Crippen LogP contribution in [0.15, 0.2) is 36.9 Å². The van der Waals surface area contributed by atoms with E-state index in [1.165, 1.54) is 0 Å². The van der Waals surface area contributed by atoms with Crippen molar-refractivity contribution >= 4 is 17.5 Å². The molecule has 7 nitrogen and oxygen atoms in total. The van der Waals surface area contributed by atoms with Gasteiger partial charge < -0.3 is 9.80 Å². The van der Waals surface area contributed by atoms with Crippen molar-refractivity contribution in [3.05, 3.63) is 42.5 Å². The lowest BCUT2D eigenvalue weighted by molar-refractivity contribution is -0.127. The summed E-state index contributed by atoms with van der Waals surface area (Å²) in [5.74, 6) is 0.0731. The Kier molecular flexibility index (Phi) is 3.78. The summed E-state index contributed by atoms with van der Waals surface area (Å²) >= 11 is 0. The van der Waals surface area contributed by atoms with E-state index in [0.29, 0.717) is 25.2 Å². The third-order valence-corrected chi connectivity index (χ3v) is 5.29. The molecule has 0 aromatic carbocycles. The molecule has 130 valence electrons. The van der Waals surface area contributed by atoms with Crippen LogP contribution in [0.25, 0.3) is 0 Å². The topological polar surface area (TPSA) is 71.3 Å². The average molecular weight is 339 g/mol. The molecule has 0 radical (unpaired) electrons. The molecule has 4 heterocycles. The SMILES string of the molecule is Cn1cc(N2CC[C@]3(CCCN(C(=O)c4cccnc4)C3)C2=O)cn1. The van der Waals surface area contributed by atoms with Crippen molar-refractivity contribution in [3.63, 3.8) is 0 Å². The smallest absolute Gasteiger partial charge is 0.255 e. The fraction of sp³-hybridized carbons (Fsp3) is 0.444. The van der Waals surface area contributed by atoms with E-state index in [-0.39, 0.29) is 11.8 Å². The summed E-state index contributed by atoms with van der Waals surface area (Å²) in [5, 5.41) is 4.16. The molecule has 2 aromatic heterocycles. The highest BCUT2D eigenvalue weighted by Gasteiger charge is 2.50. The number of anilines is 1. The normalized spacial score (nSPS) is 23.5. The van der Waals surface area contributed by atoms with Gasteiger partial charge in [0.15, 0.2) is 0 Å². The maximum Gasteiger partial charge on any atom is 0.255 e. The Bertz CT molecular complexity index is 803. The van der Waals surface area contributed by atoms with Gasteiger partial charge in [-0.3, -0.25) is 19.3 Å². The molecule has 0 saturated carbocycles. The largest absolute Gasteiger partial charge is 0.338 e. The van der Waals surface area contributed by atoms with Crippen LogP contribution in [0.5, 0.6) is 0 Å². The van der Waals surface area contributed by atoms with E-state index in [1.54, 1.807) is 35.4 Å². The summed E-state index contributed by atoms with van der Waals surface area (Å²) in [6, 6.07) is 3.53. The standard InChI is InChI=1S/C18H21N5O2/c1-21-12-15(11-20-21)23-9-6-18(17(23)25)5-3-8-22(13-18)16(24)14-4-2-7-19-10-14/h2,4,7,10-12H,3,5-6,8-9,13H2,1H3/t18-/m0/s1. The van der Waals surface area contributed by atoms with Gasteiger partial charge in [-0.25, -0.2) is 0 Å². The van der Waals surface area contributed by atoms with E-state index in [0.717, 1.165) is 24.9 Å². The van der Waals surface area contributed by atoms with Crippen molar-refractivity contribution in [2.24, 2.45) is 12.5 Å². The van der Waals surface area contributed by atoms with E-state index in [1.807, 2.05) is 23.0 Å². The first-order valence-corrected chi connectivity index (χ1v) is 8.59. The number of hydrogen-bond donors (Lipinski definition) is 0. The second-order valence-corrected chi connectivity index (χ2v) is 6.93. The minimum absolute atomic E-state index is 0.0418. The van der Waals surface area contributed by atoms with Gasteiger partial charge in [0.05, 0.1) is 22.9 Å². The number of hydrogen-bond acceptors (Lipinski definition) is 4. The summed E-state index contributed by atoms with van der Waals surface area (Å²) in [4.78, 5) is 33.5. The van der Waals surface area contributed by atoms with Crippen LogP contribution in [0, 0.1) is 5.41 Å². The number of piperidine rings is 1. The molecular formula is C18H21N5O2. The van der Waals surface area contributed by atoms with Gasteiger partial charge in [0.1, 0.15) is 0 Å². The highest BCUT2D eigenvalue weighted by Crippen LogP contribution is 2.42. The van der Waals surface area contributed by atoms with Gasteiger partial charge in [0.2, 0.25) is 5.91 Å². The first-order valence-electron chi connectivity index (χ1n) is 8.59. The fourth-order valence-corrected chi connectivity index (χ4v) is 3.97. The Balaban J connectivity index is 1.54. The lowest BCUT2D eigenvalue weighted by atomic mass is 9.78. The Morgan fingerprint density at radius 2 is 2.12 bits per heavy atom. The highest BCUT2D eigenvalue weighted by atomic mass is 16.2. The molecule has 25 heavy (non-hydrogen) atoms. The van der Waals surface area contributed by atoms with Crippen LogP contribution in [-0.2, 0) is 11.8 Å². The van der Waals surface area contributed by atoms with Crippen LogP contribution in [0.3, 0.4) is 0 Å². The second-order valence-electron chi connectivity index (χ2n) is 6.93. The number of pyridine rings is 1. The van der Waals surface area contributed by atoms with E-state index in [4.69, 9.17) is 0 Å². The summed E-state index contributed by atoms with van der Waals surface area (Å²) in [6.45, 7) is 1.85. The van der Waals surface area contributed by atoms with E-state index in [2.05, 4.69) is 10.1 Å². The number of rotatable bonds is 2. The van der Waals surface area contributed by atoms with Gasteiger partial charge in [0.25, 0.3) is 5.91 Å². The minimum Gasteiger partial charge on any atom is -0.338 e. The Labute approximate surface area is 146 Å². The summed E-state index contributed by atoms with van der Waals surface area (Å²) < 4.78 is 1.70. The molecule has 2 saturated heterocycles. The predicted molar refractivity (Wildman–Crippen MR) is 92.0 cm³/mol. The Morgan fingerprint density at radius 1 is 1.24 bits per heavy atom. The molecule has 2 amide bonds. The number of carbonyl (C=O) groups is 2. The number of amides is 2. The van der Waals surface area contributed by atoms with E-state index in [9.17, 15) is 9.59 Å². The van der Waals surface area contributed by atoms with Crippen molar-refractivity contribution in [2.45, 2.75) is 19.3 Å². The Morgan fingerprint density at radius 3 is 2.84 bits per heavy atom. The fourth-order valence-electron chi connectivity index (χ4n) is 3.97. The predicted octanol–water partition coefficient (Wildman–Crippen LogP) is 1.47. The number of aryl methyl sites for hydroxylation is 1. The zero-order chi connectivity index (χ0) is 17.4. The maximum absolute atomic E-state index is 13.1. The molecule has 0 unspecified atom stereocenters. The van der Waals surface area contributed by atoms with Gasteiger partial charge in [-0.1, -0.05) is 0 Å².